The first-order valence-corrected chi connectivity index (χ1v) is 5.96. The van der Waals surface area contributed by atoms with Crippen molar-refractivity contribution in [1.82, 2.24) is 4.98 Å². The Kier molecular flexibility index (Phi) is 3.55. The van der Waals surface area contributed by atoms with Crippen LogP contribution in [0.4, 0.5) is 0 Å². The summed E-state index contributed by atoms with van der Waals surface area (Å²) in [6.45, 7) is 4.20. The summed E-state index contributed by atoms with van der Waals surface area (Å²) in [6.07, 6.45) is 1.82. The van der Waals surface area contributed by atoms with E-state index in [2.05, 4.69) is 30.1 Å². The molecule has 1 heterocycles. The molecule has 0 unspecified atom stereocenters. The zero-order valence-electron chi connectivity index (χ0n) is 10.3. The van der Waals surface area contributed by atoms with Gasteiger partial charge >= 0.3 is 0 Å². The van der Waals surface area contributed by atoms with Gasteiger partial charge in [0, 0.05) is 17.8 Å². The molecule has 0 amide bonds. The van der Waals surface area contributed by atoms with Crippen molar-refractivity contribution >= 4 is 0 Å². The molecule has 1 aromatic heterocycles. The monoisotopic (exact) mass is 226 g/mol. The van der Waals surface area contributed by atoms with E-state index in [-0.39, 0.29) is 6.04 Å². The zero-order chi connectivity index (χ0) is 12.3. The maximum atomic E-state index is 5.99. The fourth-order valence-electron chi connectivity index (χ4n) is 1.93. The number of nitrogens with two attached hydrogens (primary N) is 1. The van der Waals surface area contributed by atoms with Crippen molar-refractivity contribution in [2.24, 2.45) is 5.73 Å². The first-order valence-electron chi connectivity index (χ1n) is 5.96. The number of hydrogen-bond acceptors (Lipinski definition) is 2. The minimum absolute atomic E-state index is 0.139. The van der Waals surface area contributed by atoms with Crippen LogP contribution in [0.1, 0.15) is 25.3 Å². The molecule has 2 atom stereocenters. The van der Waals surface area contributed by atoms with Crippen molar-refractivity contribution in [3.63, 3.8) is 0 Å². The zero-order valence-corrected chi connectivity index (χ0v) is 10.3. The Morgan fingerprint density at radius 3 is 2.35 bits per heavy atom. The van der Waals surface area contributed by atoms with Gasteiger partial charge in [0.1, 0.15) is 0 Å². The fourth-order valence-corrected chi connectivity index (χ4v) is 1.93. The third-order valence-corrected chi connectivity index (χ3v) is 3.18. The molecule has 1 aromatic carbocycles. The van der Waals surface area contributed by atoms with Gasteiger partial charge in [-0.3, -0.25) is 4.98 Å². The first kappa shape index (κ1) is 11.8. The summed E-state index contributed by atoms with van der Waals surface area (Å²) < 4.78 is 0. The lowest BCUT2D eigenvalue weighted by Gasteiger charge is -2.19. The Balaban J connectivity index is 2.48. The topological polar surface area (TPSA) is 38.9 Å². The molecule has 0 spiro atoms. The van der Waals surface area contributed by atoms with E-state index in [4.69, 9.17) is 5.73 Å². The molecule has 2 heteroatoms. The van der Waals surface area contributed by atoms with E-state index in [1.165, 1.54) is 11.1 Å². The maximum absolute atomic E-state index is 5.99. The molecule has 0 radical (unpaired) electrons. The van der Waals surface area contributed by atoms with Gasteiger partial charge in [-0.25, -0.2) is 0 Å². The molecule has 2 N–H and O–H groups in total. The van der Waals surface area contributed by atoms with E-state index in [9.17, 15) is 0 Å². The van der Waals surface area contributed by atoms with Crippen LogP contribution < -0.4 is 5.73 Å². The summed E-state index contributed by atoms with van der Waals surface area (Å²) >= 11 is 0. The lowest BCUT2D eigenvalue weighted by Crippen LogP contribution is -2.22. The van der Waals surface area contributed by atoms with Crippen LogP contribution in [-0.4, -0.2) is 11.0 Å². The van der Waals surface area contributed by atoms with Crippen LogP contribution in [0.25, 0.3) is 11.3 Å². The Bertz CT molecular complexity index is 477. The second kappa shape index (κ2) is 5.11. The molecule has 0 aliphatic heterocycles. The van der Waals surface area contributed by atoms with Crippen molar-refractivity contribution in [1.29, 1.82) is 0 Å². The van der Waals surface area contributed by atoms with Crippen LogP contribution in [0.15, 0.2) is 48.7 Å². The summed E-state index contributed by atoms with van der Waals surface area (Å²) in [5, 5.41) is 0. The number of rotatable bonds is 3. The fraction of sp³-hybridized carbons (Fsp3) is 0.267. The normalized spacial score (nSPS) is 14.3. The number of nitrogens with zero attached hydrogens (tertiary/aromatic N) is 1. The average Bonchev–Trinajstić information content (AvgIpc) is 2.39. The molecule has 0 fully saturated rings. The Hall–Kier alpha value is -1.67. The van der Waals surface area contributed by atoms with Gasteiger partial charge in [-0.2, -0.15) is 0 Å². The van der Waals surface area contributed by atoms with Crippen molar-refractivity contribution < 1.29 is 0 Å². The highest BCUT2D eigenvalue weighted by atomic mass is 14.7. The molecule has 0 saturated heterocycles. The second-order valence-corrected chi connectivity index (χ2v) is 4.45. The van der Waals surface area contributed by atoms with Crippen molar-refractivity contribution in [3.8, 4) is 11.3 Å². The smallest absolute Gasteiger partial charge is 0.0704 e. The molecule has 88 valence electrons. The van der Waals surface area contributed by atoms with Crippen LogP contribution in [0.2, 0.25) is 0 Å². The first-order chi connectivity index (χ1) is 8.20. The minimum atomic E-state index is 0.139. The van der Waals surface area contributed by atoms with Crippen LogP contribution in [0.3, 0.4) is 0 Å². The SMILES string of the molecule is C[C@@H](N)[C@@H](C)c1ccccc1-c1ccccn1. The van der Waals surface area contributed by atoms with Gasteiger partial charge in [0.2, 0.25) is 0 Å². The summed E-state index contributed by atoms with van der Waals surface area (Å²) in [6, 6.07) is 14.5. The summed E-state index contributed by atoms with van der Waals surface area (Å²) in [5.74, 6) is 0.327. The third kappa shape index (κ3) is 2.53. The van der Waals surface area contributed by atoms with Gasteiger partial charge < -0.3 is 5.73 Å². The summed E-state index contributed by atoms with van der Waals surface area (Å²) in [5.41, 5.74) is 9.45. The number of aromatic nitrogens is 1. The Morgan fingerprint density at radius 2 is 1.71 bits per heavy atom. The molecule has 17 heavy (non-hydrogen) atoms. The number of pyridine rings is 1. The van der Waals surface area contributed by atoms with Gasteiger partial charge in [0.05, 0.1) is 5.69 Å². The van der Waals surface area contributed by atoms with Crippen molar-refractivity contribution in [2.75, 3.05) is 0 Å². The molecule has 2 nitrogen and oxygen atoms in total. The molecule has 0 saturated carbocycles. The van der Waals surface area contributed by atoms with Crippen molar-refractivity contribution in [2.45, 2.75) is 25.8 Å². The number of hydrogen-bond donors (Lipinski definition) is 1. The molecule has 0 aliphatic rings. The predicted molar refractivity (Wildman–Crippen MR) is 71.7 cm³/mol. The molecular weight excluding hydrogens is 208 g/mol. The standard InChI is InChI=1S/C15H18N2/c1-11(12(2)16)13-7-3-4-8-14(13)15-9-5-6-10-17-15/h3-12H,16H2,1-2H3/t11-,12-/m1/s1. The van der Waals surface area contributed by atoms with Crippen molar-refractivity contribution in [3.05, 3.63) is 54.2 Å². The van der Waals surface area contributed by atoms with Gasteiger partial charge in [-0.15, -0.1) is 0 Å². The van der Waals surface area contributed by atoms with E-state index in [0.717, 1.165) is 5.69 Å². The van der Waals surface area contributed by atoms with E-state index in [1.807, 2.05) is 37.4 Å². The minimum Gasteiger partial charge on any atom is -0.327 e. The lowest BCUT2D eigenvalue weighted by atomic mass is 9.89. The van der Waals surface area contributed by atoms with Gasteiger partial charge in [-0.05, 0) is 30.5 Å². The predicted octanol–water partition coefficient (Wildman–Crippen LogP) is 3.20. The van der Waals surface area contributed by atoms with E-state index < -0.39 is 0 Å². The largest absolute Gasteiger partial charge is 0.327 e. The molecule has 2 rings (SSSR count). The molecule has 0 bridgehead atoms. The van der Waals surface area contributed by atoms with Gasteiger partial charge in [0.25, 0.3) is 0 Å². The molecule has 0 aliphatic carbocycles. The quantitative estimate of drug-likeness (QED) is 0.872. The van der Waals surface area contributed by atoms with Crippen LogP contribution in [-0.2, 0) is 0 Å². The van der Waals surface area contributed by atoms with Crippen LogP contribution in [0.5, 0.6) is 0 Å². The average molecular weight is 226 g/mol. The highest BCUT2D eigenvalue weighted by Gasteiger charge is 2.15. The second-order valence-electron chi connectivity index (χ2n) is 4.45. The van der Waals surface area contributed by atoms with E-state index in [0.29, 0.717) is 5.92 Å². The van der Waals surface area contributed by atoms with Crippen LogP contribution in [0, 0.1) is 0 Å². The maximum Gasteiger partial charge on any atom is 0.0704 e. The van der Waals surface area contributed by atoms with Gasteiger partial charge in [-0.1, -0.05) is 37.3 Å². The summed E-state index contributed by atoms with van der Waals surface area (Å²) in [4.78, 5) is 4.41. The molecule has 2 aromatic rings. The lowest BCUT2D eigenvalue weighted by molar-refractivity contribution is 0.614. The van der Waals surface area contributed by atoms with E-state index in [1.54, 1.807) is 0 Å². The summed E-state index contributed by atoms with van der Waals surface area (Å²) in [7, 11) is 0. The number of benzene rings is 1. The third-order valence-electron chi connectivity index (χ3n) is 3.18. The molecular formula is C15H18N2. The highest BCUT2D eigenvalue weighted by Crippen LogP contribution is 2.28. The Labute approximate surface area is 103 Å². The van der Waals surface area contributed by atoms with Crippen LogP contribution >= 0.6 is 0 Å². The highest BCUT2D eigenvalue weighted by molar-refractivity contribution is 5.64. The van der Waals surface area contributed by atoms with Gasteiger partial charge in [0.15, 0.2) is 0 Å². The Morgan fingerprint density at radius 1 is 1.00 bits per heavy atom. The van der Waals surface area contributed by atoms with E-state index >= 15 is 0 Å².